The molecule has 2 aliphatic carbocycles. The monoisotopic (exact) mass is 293 g/mol. The van der Waals surface area contributed by atoms with Crippen LogP contribution in [0.5, 0.6) is 0 Å². The van der Waals surface area contributed by atoms with Crippen molar-refractivity contribution in [2.45, 2.75) is 38.5 Å². The Bertz CT molecular complexity index is 482. The molecule has 3 N–H and O–H groups in total. The van der Waals surface area contributed by atoms with Gasteiger partial charge in [-0.2, -0.15) is 0 Å². The predicted octanol–water partition coefficient (Wildman–Crippen LogP) is 1.70. The smallest absolute Gasteiger partial charge is 0.450 e. The maximum absolute atomic E-state index is 11.5. The molecule has 2 amide bonds. The fourth-order valence-corrected chi connectivity index (χ4v) is 3.51. The fourth-order valence-electron chi connectivity index (χ4n) is 3.51. The van der Waals surface area contributed by atoms with Gasteiger partial charge in [-0.05, 0) is 37.0 Å². The highest BCUT2D eigenvalue weighted by Crippen LogP contribution is 2.55. The molecule has 0 radical (unpaired) electrons. The SMILES string of the molecule is O=C(O)O.O=C1CC(CC2[C@H]3CCC#CCC[C@@H]23)C(=O)N1. The van der Waals surface area contributed by atoms with E-state index in [4.69, 9.17) is 15.0 Å². The lowest BCUT2D eigenvalue weighted by molar-refractivity contribution is -0.125. The summed E-state index contributed by atoms with van der Waals surface area (Å²) in [5.74, 6) is 8.39. The van der Waals surface area contributed by atoms with Gasteiger partial charge < -0.3 is 10.2 Å². The Morgan fingerprint density at radius 2 is 1.67 bits per heavy atom. The average molecular weight is 293 g/mol. The number of carbonyl (C=O) groups excluding carboxylic acids is 2. The normalized spacial score (nSPS) is 33.1. The molecule has 3 aliphatic rings. The van der Waals surface area contributed by atoms with E-state index < -0.39 is 6.16 Å². The van der Waals surface area contributed by atoms with Gasteiger partial charge in [0.05, 0.1) is 0 Å². The van der Waals surface area contributed by atoms with Crippen molar-refractivity contribution in [2.75, 3.05) is 0 Å². The molecule has 21 heavy (non-hydrogen) atoms. The van der Waals surface area contributed by atoms with Crippen LogP contribution in [0.1, 0.15) is 38.5 Å². The lowest BCUT2D eigenvalue weighted by Crippen LogP contribution is -2.22. The van der Waals surface area contributed by atoms with E-state index in [1.54, 1.807) is 0 Å². The zero-order valence-corrected chi connectivity index (χ0v) is 11.7. The van der Waals surface area contributed by atoms with Crippen LogP contribution in [-0.4, -0.2) is 28.2 Å². The molecule has 6 heteroatoms. The van der Waals surface area contributed by atoms with Crippen LogP contribution in [-0.2, 0) is 9.59 Å². The third-order valence-corrected chi connectivity index (χ3v) is 4.46. The second kappa shape index (κ2) is 6.61. The van der Waals surface area contributed by atoms with Crippen LogP contribution in [0.25, 0.3) is 0 Å². The van der Waals surface area contributed by atoms with Gasteiger partial charge in [0.2, 0.25) is 11.8 Å². The van der Waals surface area contributed by atoms with Crippen LogP contribution in [0.2, 0.25) is 0 Å². The number of imide groups is 1. The van der Waals surface area contributed by atoms with Gasteiger partial charge in [-0.15, -0.1) is 11.8 Å². The van der Waals surface area contributed by atoms with E-state index in [-0.39, 0.29) is 17.7 Å². The summed E-state index contributed by atoms with van der Waals surface area (Å²) < 4.78 is 0. The molecule has 0 bridgehead atoms. The van der Waals surface area contributed by atoms with Crippen molar-refractivity contribution in [1.82, 2.24) is 5.32 Å². The molecule has 1 heterocycles. The molecule has 0 aromatic rings. The molecule has 0 spiro atoms. The molecule has 1 saturated heterocycles. The minimum Gasteiger partial charge on any atom is -0.450 e. The summed E-state index contributed by atoms with van der Waals surface area (Å²) in [6.07, 6.45) is 3.87. The Balaban J connectivity index is 0.000000361. The van der Waals surface area contributed by atoms with Crippen molar-refractivity contribution in [1.29, 1.82) is 0 Å². The number of nitrogens with one attached hydrogen (secondary N) is 1. The molecule has 2 unspecified atom stereocenters. The molecule has 3 rings (SSSR count). The zero-order chi connectivity index (χ0) is 15.4. The van der Waals surface area contributed by atoms with Gasteiger partial charge in [-0.25, -0.2) is 4.79 Å². The first-order chi connectivity index (χ1) is 9.99. The van der Waals surface area contributed by atoms with Gasteiger partial charge >= 0.3 is 6.16 Å². The first-order valence-corrected chi connectivity index (χ1v) is 7.20. The molecule has 1 saturated carbocycles. The van der Waals surface area contributed by atoms with Gasteiger partial charge in [-0.3, -0.25) is 14.9 Å². The summed E-state index contributed by atoms with van der Waals surface area (Å²) >= 11 is 0. The van der Waals surface area contributed by atoms with Crippen molar-refractivity contribution in [3.05, 3.63) is 0 Å². The average Bonchev–Trinajstić information content (AvgIpc) is 2.84. The Morgan fingerprint density at radius 1 is 1.14 bits per heavy atom. The van der Waals surface area contributed by atoms with E-state index in [0.29, 0.717) is 12.3 Å². The maximum atomic E-state index is 11.5. The van der Waals surface area contributed by atoms with Gasteiger partial charge in [0.1, 0.15) is 0 Å². The lowest BCUT2D eigenvalue weighted by Gasteiger charge is -2.04. The lowest BCUT2D eigenvalue weighted by atomic mass is 9.98. The maximum Gasteiger partial charge on any atom is 0.503 e. The number of hydrogen-bond donors (Lipinski definition) is 3. The predicted molar refractivity (Wildman–Crippen MR) is 73.2 cm³/mol. The third kappa shape index (κ3) is 4.22. The zero-order valence-electron chi connectivity index (χ0n) is 11.7. The van der Waals surface area contributed by atoms with Gasteiger partial charge in [-0.1, -0.05) is 0 Å². The van der Waals surface area contributed by atoms with E-state index in [1.165, 1.54) is 12.8 Å². The Morgan fingerprint density at radius 3 is 2.10 bits per heavy atom. The van der Waals surface area contributed by atoms with Crippen LogP contribution < -0.4 is 5.32 Å². The topological polar surface area (TPSA) is 104 Å². The van der Waals surface area contributed by atoms with E-state index in [1.807, 2.05) is 0 Å². The van der Waals surface area contributed by atoms with Gasteiger partial charge in [0.25, 0.3) is 0 Å². The summed E-state index contributed by atoms with van der Waals surface area (Å²) in [5.41, 5.74) is 0. The van der Waals surface area contributed by atoms with Crippen LogP contribution >= 0.6 is 0 Å². The molecule has 0 aromatic heterocycles. The van der Waals surface area contributed by atoms with Crippen LogP contribution in [0.3, 0.4) is 0 Å². The van der Waals surface area contributed by atoms with Gasteiger partial charge in [0, 0.05) is 25.2 Å². The van der Waals surface area contributed by atoms with Gasteiger partial charge in [0.15, 0.2) is 0 Å². The fraction of sp³-hybridized carbons (Fsp3) is 0.667. The quantitative estimate of drug-likeness (QED) is 0.531. The Kier molecular flexibility index (Phi) is 4.84. The Labute approximate surface area is 122 Å². The Hall–Kier alpha value is -2.03. The highest BCUT2D eigenvalue weighted by molar-refractivity contribution is 6.03. The van der Waals surface area contributed by atoms with Crippen molar-refractivity contribution >= 4 is 18.0 Å². The third-order valence-electron chi connectivity index (χ3n) is 4.46. The molecule has 6 nitrogen and oxygen atoms in total. The molecule has 1 aliphatic heterocycles. The summed E-state index contributed by atoms with van der Waals surface area (Å²) in [6.45, 7) is 0. The number of carboxylic acid groups (broad SMARTS) is 2. The largest absolute Gasteiger partial charge is 0.503 e. The summed E-state index contributed by atoms with van der Waals surface area (Å²) in [4.78, 5) is 31.2. The van der Waals surface area contributed by atoms with E-state index in [2.05, 4.69) is 17.2 Å². The van der Waals surface area contributed by atoms with Crippen molar-refractivity contribution in [3.63, 3.8) is 0 Å². The highest BCUT2D eigenvalue weighted by atomic mass is 16.6. The van der Waals surface area contributed by atoms with Crippen LogP contribution in [0.4, 0.5) is 4.79 Å². The summed E-state index contributed by atoms with van der Waals surface area (Å²) in [6, 6.07) is 0. The number of rotatable bonds is 2. The summed E-state index contributed by atoms with van der Waals surface area (Å²) in [7, 11) is 0. The summed E-state index contributed by atoms with van der Waals surface area (Å²) in [5, 5.41) is 16.3. The van der Waals surface area contributed by atoms with Crippen molar-refractivity contribution in [2.24, 2.45) is 23.7 Å². The van der Waals surface area contributed by atoms with Crippen molar-refractivity contribution < 1.29 is 24.6 Å². The van der Waals surface area contributed by atoms with Crippen LogP contribution in [0.15, 0.2) is 0 Å². The number of hydrogen-bond acceptors (Lipinski definition) is 3. The van der Waals surface area contributed by atoms with E-state index in [9.17, 15) is 9.59 Å². The molecule has 114 valence electrons. The van der Waals surface area contributed by atoms with E-state index >= 15 is 0 Å². The van der Waals surface area contributed by atoms with E-state index in [0.717, 1.165) is 31.1 Å². The minimum absolute atomic E-state index is 0.0504. The van der Waals surface area contributed by atoms with Crippen molar-refractivity contribution in [3.8, 4) is 11.8 Å². The molecular formula is C15H19NO5. The second-order valence-electron chi connectivity index (χ2n) is 5.75. The highest BCUT2D eigenvalue weighted by Gasteiger charge is 2.50. The second-order valence-corrected chi connectivity index (χ2v) is 5.75. The number of carbonyl (C=O) groups is 3. The standard InChI is InChI=1S/C14H17NO2.CH2O3/c16-13-8-9(14(17)15-13)7-12-10-5-3-1-2-4-6-11(10)12;2-1(3)4/h9-12H,3-8H2,(H,15,16,17);(H2,2,3,4)/t9?,10-,11+,12?;. The molecule has 2 fully saturated rings. The first-order valence-electron chi connectivity index (χ1n) is 7.20. The molecule has 4 atom stereocenters. The number of amides is 2. The number of fused-ring (bicyclic) bond motifs is 1. The first kappa shape index (κ1) is 15.4. The molecule has 0 aromatic carbocycles. The minimum atomic E-state index is -1.83. The molecular weight excluding hydrogens is 274 g/mol. The van der Waals surface area contributed by atoms with Crippen LogP contribution in [0, 0.1) is 35.5 Å².